The summed E-state index contributed by atoms with van der Waals surface area (Å²) in [7, 11) is 0. The quantitative estimate of drug-likeness (QED) is 0.537. The van der Waals surface area contributed by atoms with Crippen LogP contribution >= 0.6 is 0 Å². The van der Waals surface area contributed by atoms with Crippen LogP contribution in [-0.4, -0.2) is 17.8 Å². The predicted molar refractivity (Wildman–Crippen MR) is 76.9 cm³/mol. The van der Waals surface area contributed by atoms with E-state index in [0.717, 1.165) is 6.54 Å². The van der Waals surface area contributed by atoms with Crippen LogP contribution in [0.4, 0.5) is 4.79 Å². The van der Waals surface area contributed by atoms with Crippen molar-refractivity contribution >= 4 is 6.16 Å². The number of hydrogen-bond acceptors (Lipinski definition) is 2. The molecule has 0 aromatic rings. The Balaban J connectivity index is 0. The van der Waals surface area contributed by atoms with E-state index in [1.165, 1.54) is 77.0 Å². The molecule has 116 valence electrons. The zero-order chi connectivity index (χ0) is 14.8. The van der Waals surface area contributed by atoms with Gasteiger partial charge in [-0.1, -0.05) is 71.1 Å². The van der Waals surface area contributed by atoms with Gasteiger partial charge >= 0.3 is 0 Å². The highest BCUT2D eigenvalue weighted by atomic mass is 16.6. The third kappa shape index (κ3) is 31.7. The van der Waals surface area contributed by atoms with Crippen LogP contribution in [-0.2, 0) is 0 Å². The molecule has 0 bridgehead atoms. The van der Waals surface area contributed by atoms with Gasteiger partial charge in [-0.05, 0) is 12.8 Å². The van der Waals surface area contributed by atoms with Gasteiger partial charge in [0.15, 0.2) is 0 Å². The van der Waals surface area contributed by atoms with Gasteiger partial charge in [-0.15, -0.1) is 0 Å². The molecular weight excluding hydrogens is 242 g/mol. The van der Waals surface area contributed by atoms with E-state index >= 15 is 0 Å². The van der Waals surface area contributed by atoms with E-state index in [0.29, 0.717) is 0 Å². The summed E-state index contributed by atoms with van der Waals surface area (Å²) in [6.07, 6.45) is 15.1. The van der Waals surface area contributed by atoms with E-state index in [4.69, 9.17) is 15.0 Å². The summed E-state index contributed by atoms with van der Waals surface area (Å²) >= 11 is 0. The third-order valence-electron chi connectivity index (χ3n) is 3.10. The number of unbranched alkanes of at least 4 members (excludes halogenated alkanes) is 11. The van der Waals surface area contributed by atoms with Crippen molar-refractivity contribution in [1.82, 2.24) is 0 Å². The second-order valence-corrected chi connectivity index (χ2v) is 5.01. The van der Waals surface area contributed by atoms with Crippen molar-refractivity contribution in [3.63, 3.8) is 0 Å². The zero-order valence-corrected chi connectivity index (χ0v) is 12.7. The van der Waals surface area contributed by atoms with Gasteiger partial charge in [0.2, 0.25) is 6.16 Å². The first kappa shape index (κ1) is 20.5. The first-order chi connectivity index (χ1) is 9.15. The van der Waals surface area contributed by atoms with Crippen molar-refractivity contribution in [1.29, 1.82) is 0 Å². The Morgan fingerprint density at radius 1 is 0.842 bits per heavy atom. The van der Waals surface area contributed by atoms with Crippen LogP contribution in [0.25, 0.3) is 0 Å². The normalized spacial score (nSPS) is 9.79. The standard InChI is InChI=1S/C14H31N.CH2O3/c1-2-3-4-5-6-7-8-9-10-11-12-13-14-15;2-1(3)4/h2-15H2,1H3;(H2,2,3,4). The summed E-state index contributed by atoms with van der Waals surface area (Å²) in [6.45, 7) is 3.41. The Kier molecular flexibility index (Phi) is 21.2. The molecule has 0 aromatic heterocycles. The highest BCUT2D eigenvalue weighted by Gasteiger charge is 1.92. The largest absolute Gasteiger partial charge is 0.565 e. The molecule has 4 N–H and O–H groups in total. The van der Waals surface area contributed by atoms with E-state index in [1.54, 1.807) is 0 Å². The molecule has 0 saturated heterocycles. The average Bonchev–Trinajstić information content (AvgIpc) is 2.35. The van der Waals surface area contributed by atoms with Gasteiger partial charge in [0, 0.05) is 0 Å². The highest BCUT2D eigenvalue weighted by molar-refractivity contribution is 5.50. The fraction of sp³-hybridized carbons (Fsp3) is 0.933. The van der Waals surface area contributed by atoms with Crippen LogP contribution in [0.1, 0.15) is 84.0 Å². The lowest BCUT2D eigenvalue weighted by atomic mass is 10.1. The maximum absolute atomic E-state index is 8.44. The van der Waals surface area contributed by atoms with Gasteiger partial charge < -0.3 is 20.7 Å². The molecule has 0 aliphatic rings. The smallest absolute Gasteiger partial charge is 0.249 e. The van der Waals surface area contributed by atoms with Crippen molar-refractivity contribution < 1.29 is 20.7 Å². The molecule has 0 fully saturated rings. The van der Waals surface area contributed by atoms with Gasteiger partial charge in [-0.25, -0.2) is 0 Å². The van der Waals surface area contributed by atoms with E-state index in [2.05, 4.69) is 12.7 Å². The maximum atomic E-state index is 8.44. The van der Waals surface area contributed by atoms with Crippen LogP contribution in [0, 0.1) is 0 Å². The molecular formula is C15H33NO3. The number of rotatable bonds is 12. The van der Waals surface area contributed by atoms with Crippen molar-refractivity contribution in [3.05, 3.63) is 0 Å². The lowest BCUT2D eigenvalue weighted by Crippen LogP contribution is -2.50. The molecule has 0 aliphatic carbocycles. The van der Waals surface area contributed by atoms with E-state index in [1.807, 2.05) is 0 Å². The Morgan fingerprint density at radius 2 is 1.11 bits per heavy atom. The fourth-order valence-electron chi connectivity index (χ4n) is 2.02. The van der Waals surface area contributed by atoms with Crippen molar-refractivity contribution in [3.8, 4) is 0 Å². The molecule has 4 heteroatoms. The Bertz CT molecular complexity index is 159. The lowest BCUT2D eigenvalue weighted by molar-refractivity contribution is -0.368. The van der Waals surface area contributed by atoms with Gasteiger partial charge in [-0.2, -0.15) is 0 Å². The summed E-state index contributed by atoms with van der Waals surface area (Å²) in [4.78, 5) is 8.44. The number of hydrogen-bond donors (Lipinski definition) is 2. The second-order valence-electron chi connectivity index (χ2n) is 5.01. The third-order valence-corrected chi connectivity index (χ3v) is 3.10. The van der Waals surface area contributed by atoms with Crippen LogP contribution in [0.2, 0.25) is 0 Å². The molecule has 19 heavy (non-hydrogen) atoms. The minimum atomic E-state index is -2.08. The number of carbonyl (C=O) groups is 1. The predicted octanol–water partition coefficient (Wildman–Crippen LogP) is 2.82. The maximum Gasteiger partial charge on any atom is 0.249 e. The summed E-state index contributed by atoms with van der Waals surface area (Å²) in [6, 6.07) is 0. The Labute approximate surface area is 118 Å². The first-order valence-electron chi connectivity index (χ1n) is 7.84. The summed E-state index contributed by atoms with van der Waals surface area (Å²) < 4.78 is 0. The van der Waals surface area contributed by atoms with Gasteiger partial charge in [-0.3, -0.25) is 0 Å². The molecule has 0 radical (unpaired) electrons. The summed E-state index contributed by atoms with van der Waals surface area (Å²) in [5.41, 5.74) is 3.87. The number of carboxylic acid groups (broad SMARTS) is 2. The fourth-order valence-corrected chi connectivity index (χ4v) is 2.02. The number of quaternary nitrogens is 1. The van der Waals surface area contributed by atoms with Gasteiger partial charge in [0.05, 0.1) is 6.54 Å². The minimum Gasteiger partial charge on any atom is -0.565 e. The van der Waals surface area contributed by atoms with Crippen LogP contribution in [0.5, 0.6) is 0 Å². The molecule has 0 aromatic carbocycles. The monoisotopic (exact) mass is 275 g/mol. The van der Waals surface area contributed by atoms with Crippen LogP contribution in [0.15, 0.2) is 0 Å². The Morgan fingerprint density at radius 3 is 1.37 bits per heavy atom. The zero-order valence-electron chi connectivity index (χ0n) is 12.7. The van der Waals surface area contributed by atoms with Gasteiger partial charge in [0.25, 0.3) is 0 Å². The molecule has 0 amide bonds. The highest BCUT2D eigenvalue weighted by Crippen LogP contribution is 2.11. The molecule has 0 aliphatic heterocycles. The SMILES string of the molecule is CCCCCCCCCCCCCC[NH3+].O=C([O-])O. The summed E-state index contributed by atoms with van der Waals surface area (Å²) in [5, 5.41) is 15.3. The van der Waals surface area contributed by atoms with Crippen molar-refractivity contribution in [2.45, 2.75) is 84.0 Å². The molecule has 0 atom stereocenters. The van der Waals surface area contributed by atoms with Crippen LogP contribution < -0.4 is 10.8 Å². The summed E-state index contributed by atoms with van der Waals surface area (Å²) in [5.74, 6) is 0. The lowest BCUT2D eigenvalue weighted by Gasteiger charge is -2.01. The minimum absolute atomic E-state index is 1.12. The first-order valence-corrected chi connectivity index (χ1v) is 7.84. The van der Waals surface area contributed by atoms with E-state index in [9.17, 15) is 0 Å². The Hall–Kier alpha value is -0.770. The van der Waals surface area contributed by atoms with Crippen molar-refractivity contribution in [2.24, 2.45) is 0 Å². The molecule has 0 rings (SSSR count). The molecule has 0 saturated carbocycles. The van der Waals surface area contributed by atoms with Crippen LogP contribution in [0.3, 0.4) is 0 Å². The molecule has 0 spiro atoms. The second kappa shape index (κ2) is 19.6. The molecule has 0 unspecified atom stereocenters. The molecule has 0 heterocycles. The van der Waals surface area contributed by atoms with Gasteiger partial charge in [0.1, 0.15) is 0 Å². The van der Waals surface area contributed by atoms with Crippen molar-refractivity contribution in [2.75, 3.05) is 6.54 Å². The van der Waals surface area contributed by atoms with E-state index in [-0.39, 0.29) is 0 Å². The topological polar surface area (TPSA) is 88.0 Å². The average molecular weight is 275 g/mol. The van der Waals surface area contributed by atoms with E-state index < -0.39 is 6.16 Å². The molecule has 4 nitrogen and oxygen atoms in total.